The van der Waals surface area contributed by atoms with Gasteiger partial charge >= 0.3 is 0 Å². The molecule has 0 saturated heterocycles. The summed E-state index contributed by atoms with van der Waals surface area (Å²) in [6, 6.07) is 9.68. The number of aryl methyl sites for hydroxylation is 1. The van der Waals surface area contributed by atoms with Crippen LogP contribution in [0.2, 0.25) is 0 Å². The third-order valence-corrected chi connectivity index (χ3v) is 3.11. The van der Waals surface area contributed by atoms with Crippen LogP contribution in [0.25, 0.3) is 0 Å². The van der Waals surface area contributed by atoms with E-state index in [4.69, 9.17) is 4.74 Å². The molecule has 0 atom stereocenters. The summed E-state index contributed by atoms with van der Waals surface area (Å²) < 4.78 is 6.70. The smallest absolute Gasteiger partial charge is 0.168 e. The molecule has 2 aromatic rings. The number of halogens is 1. The van der Waals surface area contributed by atoms with E-state index in [1.54, 1.807) is 0 Å². The van der Waals surface area contributed by atoms with Gasteiger partial charge in [-0.15, -0.1) is 0 Å². The van der Waals surface area contributed by atoms with Crippen LogP contribution < -0.4 is 10.1 Å². The van der Waals surface area contributed by atoms with Gasteiger partial charge in [-0.2, -0.15) is 0 Å². The Morgan fingerprint density at radius 3 is 2.85 bits per heavy atom. The minimum absolute atomic E-state index is 0.360. The van der Waals surface area contributed by atoms with Crippen molar-refractivity contribution >= 4 is 21.7 Å². The molecule has 1 aromatic carbocycles. The lowest BCUT2D eigenvalue weighted by atomic mass is 10.3. The Labute approximate surface area is 127 Å². The van der Waals surface area contributed by atoms with Gasteiger partial charge in [-0.25, -0.2) is 9.97 Å². The number of hydrogen-bond donors (Lipinski definition) is 1. The number of anilines is 1. The summed E-state index contributed by atoms with van der Waals surface area (Å²) in [5.74, 6) is 2.34. The maximum atomic E-state index is 5.70. The van der Waals surface area contributed by atoms with Gasteiger partial charge in [0.1, 0.15) is 18.2 Å². The van der Waals surface area contributed by atoms with Crippen molar-refractivity contribution in [1.29, 1.82) is 0 Å². The average Bonchev–Trinajstić information content (AvgIpc) is 2.42. The number of ether oxygens (including phenoxy) is 1. The first-order chi connectivity index (χ1) is 9.67. The molecule has 0 unspecified atom stereocenters. The summed E-state index contributed by atoms with van der Waals surface area (Å²) in [5, 5.41) is 3.27. The van der Waals surface area contributed by atoms with Crippen molar-refractivity contribution in [1.82, 2.24) is 9.97 Å². The van der Waals surface area contributed by atoms with E-state index in [1.165, 1.54) is 0 Å². The van der Waals surface area contributed by atoms with Crippen molar-refractivity contribution in [3.05, 3.63) is 46.3 Å². The van der Waals surface area contributed by atoms with Crippen LogP contribution >= 0.6 is 15.9 Å². The van der Waals surface area contributed by atoms with E-state index < -0.39 is 0 Å². The molecular weight excluding hydrogens is 318 g/mol. The van der Waals surface area contributed by atoms with E-state index in [9.17, 15) is 0 Å². The molecule has 0 spiro atoms. The third kappa shape index (κ3) is 4.49. The van der Waals surface area contributed by atoms with Crippen LogP contribution in [-0.4, -0.2) is 16.5 Å². The van der Waals surface area contributed by atoms with Crippen LogP contribution in [0, 0.1) is 6.92 Å². The van der Waals surface area contributed by atoms with Gasteiger partial charge in [-0.3, -0.25) is 0 Å². The lowest BCUT2D eigenvalue weighted by molar-refractivity contribution is 0.295. The lowest BCUT2D eigenvalue weighted by Gasteiger charge is -2.09. The second-order valence-corrected chi connectivity index (χ2v) is 5.40. The highest BCUT2D eigenvalue weighted by molar-refractivity contribution is 9.10. The summed E-state index contributed by atoms with van der Waals surface area (Å²) in [6.07, 6.45) is 1.06. The molecule has 1 heterocycles. The maximum absolute atomic E-state index is 5.70. The third-order valence-electron chi connectivity index (χ3n) is 2.62. The highest BCUT2D eigenvalue weighted by atomic mass is 79.9. The highest BCUT2D eigenvalue weighted by Gasteiger charge is 2.03. The Hall–Kier alpha value is -1.62. The van der Waals surface area contributed by atoms with Gasteiger partial charge in [0, 0.05) is 22.8 Å². The van der Waals surface area contributed by atoms with Crippen molar-refractivity contribution in [3.63, 3.8) is 0 Å². The molecule has 0 amide bonds. The molecule has 1 N–H and O–H groups in total. The molecule has 4 nitrogen and oxygen atoms in total. The molecule has 106 valence electrons. The van der Waals surface area contributed by atoms with Gasteiger partial charge in [0.15, 0.2) is 5.82 Å². The predicted molar refractivity (Wildman–Crippen MR) is 84.0 cm³/mol. The van der Waals surface area contributed by atoms with Crippen LogP contribution in [0.3, 0.4) is 0 Å². The van der Waals surface area contributed by atoms with Gasteiger partial charge in [-0.05, 0) is 31.5 Å². The molecule has 0 aliphatic rings. The molecule has 5 heteroatoms. The molecule has 0 aliphatic carbocycles. The lowest BCUT2D eigenvalue weighted by Crippen LogP contribution is -2.08. The first-order valence-electron chi connectivity index (χ1n) is 6.64. The Bertz CT molecular complexity index is 575. The minimum atomic E-state index is 0.360. The van der Waals surface area contributed by atoms with Crippen LogP contribution in [0.5, 0.6) is 5.75 Å². The van der Waals surface area contributed by atoms with Gasteiger partial charge in [0.2, 0.25) is 0 Å². The molecule has 2 rings (SSSR count). The van der Waals surface area contributed by atoms with E-state index >= 15 is 0 Å². The largest absolute Gasteiger partial charge is 0.486 e. The van der Waals surface area contributed by atoms with Crippen molar-refractivity contribution in [3.8, 4) is 5.75 Å². The van der Waals surface area contributed by atoms with E-state index in [1.807, 2.05) is 37.3 Å². The monoisotopic (exact) mass is 335 g/mol. The zero-order valence-electron chi connectivity index (χ0n) is 11.7. The fourth-order valence-electron chi connectivity index (χ4n) is 1.74. The van der Waals surface area contributed by atoms with Gasteiger partial charge in [0.05, 0.1) is 0 Å². The second kappa shape index (κ2) is 7.24. The van der Waals surface area contributed by atoms with Gasteiger partial charge < -0.3 is 10.1 Å². The quantitative estimate of drug-likeness (QED) is 0.868. The molecule has 1 aromatic heterocycles. The van der Waals surface area contributed by atoms with Crippen LogP contribution in [0.15, 0.2) is 34.8 Å². The normalized spacial score (nSPS) is 10.3. The Morgan fingerprint density at radius 1 is 1.25 bits per heavy atom. The van der Waals surface area contributed by atoms with Gasteiger partial charge in [0.25, 0.3) is 0 Å². The van der Waals surface area contributed by atoms with E-state index in [2.05, 4.69) is 38.1 Å². The Morgan fingerprint density at radius 2 is 2.10 bits per heavy atom. The summed E-state index contributed by atoms with van der Waals surface area (Å²) in [5.41, 5.74) is 0.937. The zero-order chi connectivity index (χ0) is 14.4. The number of aromatic nitrogens is 2. The average molecular weight is 336 g/mol. The summed E-state index contributed by atoms with van der Waals surface area (Å²) in [6.45, 7) is 5.35. The molecule has 0 fully saturated rings. The van der Waals surface area contributed by atoms with Crippen LogP contribution in [0.1, 0.15) is 24.9 Å². The van der Waals surface area contributed by atoms with Crippen LogP contribution in [0.4, 0.5) is 5.82 Å². The van der Waals surface area contributed by atoms with Crippen molar-refractivity contribution < 1.29 is 4.74 Å². The maximum Gasteiger partial charge on any atom is 0.168 e. The molecule has 0 bridgehead atoms. The van der Waals surface area contributed by atoms with Crippen LogP contribution in [-0.2, 0) is 6.61 Å². The van der Waals surface area contributed by atoms with Crippen molar-refractivity contribution in [2.75, 3.05) is 11.9 Å². The molecular formula is C15H18BrN3O. The van der Waals surface area contributed by atoms with E-state index in [-0.39, 0.29) is 0 Å². The van der Waals surface area contributed by atoms with Gasteiger partial charge in [-0.1, -0.05) is 28.9 Å². The summed E-state index contributed by atoms with van der Waals surface area (Å²) in [7, 11) is 0. The minimum Gasteiger partial charge on any atom is -0.486 e. The van der Waals surface area contributed by atoms with E-state index in [0.29, 0.717) is 12.4 Å². The van der Waals surface area contributed by atoms with E-state index in [0.717, 1.165) is 34.7 Å². The molecule has 0 saturated carbocycles. The second-order valence-electron chi connectivity index (χ2n) is 4.48. The molecule has 20 heavy (non-hydrogen) atoms. The fraction of sp³-hybridized carbons (Fsp3) is 0.333. The topological polar surface area (TPSA) is 47.0 Å². The number of benzene rings is 1. The number of rotatable bonds is 6. The summed E-state index contributed by atoms with van der Waals surface area (Å²) in [4.78, 5) is 8.84. The fourth-order valence-corrected chi connectivity index (χ4v) is 2.12. The number of nitrogens with one attached hydrogen (secondary N) is 1. The van der Waals surface area contributed by atoms with Crippen molar-refractivity contribution in [2.45, 2.75) is 26.9 Å². The standard InChI is InChI=1S/C15H18BrN3O/c1-3-7-17-14-8-11(2)18-15(19-14)10-20-13-6-4-5-12(16)9-13/h4-6,8-9H,3,7,10H2,1-2H3,(H,17,18,19). The first kappa shape index (κ1) is 14.8. The predicted octanol–water partition coefficient (Wildman–Crippen LogP) is 3.95. The molecule has 0 aliphatic heterocycles. The molecule has 0 radical (unpaired) electrons. The number of nitrogens with zero attached hydrogens (tertiary/aromatic N) is 2. The zero-order valence-corrected chi connectivity index (χ0v) is 13.3. The Balaban J connectivity index is 2.03. The highest BCUT2D eigenvalue weighted by Crippen LogP contribution is 2.18. The van der Waals surface area contributed by atoms with Crippen molar-refractivity contribution in [2.24, 2.45) is 0 Å². The summed E-state index contributed by atoms with van der Waals surface area (Å²) >= 11 is 3.42. The first-order valence-corrected chi connectivity index (χ1v) is 7.43. The SMILES string of the molecule is CCCNc1cc(C)nc(COc2cccc(Br)c2)n1. The Kier molecular flexibility index (Phi) is 5.35. The number of hydrogen-bond acceptors (Lipinski definition) is 4.